The minimum atomic E-state index is -3.30. The van der Waals surface area contributed by atoms with Gasteiger partial charge in [0.15, 0.2) is 5.96 Å². The first-order valence-corrected chi connectivity index (χ1v) is 11.0. The number of aliphatic imine (C=N–C) groups is 1. The summed E-state index contributed by atoms with van der Waals surface area (Å²) in [6.07, 6.45) is 1.14. The highest BCUT2D eigenvalue weighted by Gasteiger charge is 2.24. The maximum Gasteiger partial charge on any atom is 0.209 e. The van der Waals surface area contributed by atoms with E-state index in [1.165, 1.54) is 6.07 Å². The van der Waals surface area contributed by atoms with Crippen molar-refractivity contribution in [2.75, 3.05) is 50.4 Å². The molecular formula is C18H30FN5O2S. The second-order valence-corrected chi connectivity index (χ2v) is 9.10. The zero-order chi connectivity index (χ0) is 20.1. The average Bonchev–Trinajstić information content (AvgIpc) is 2.57. The SMILES string of the molecule is CCNC(=NCC(C)(C)NS(C)(=O)=O)N1CCN(c2ccccc2F)CC1. The molecule has 1 fully saturated rings. The second-order valence-electron chi connectivity index (χ2n) is 7.35. The zero-order valence-electron chi connectivity index (χ0n) is 16.5. The largest absolute Gasteiger partial charge is 0.366 e. The molecule has 9 heteroatoms. The number of benzene rings is 1. The van der Waals surface area contributed by atoms with E-state index in [0.29, 0.717) is 45.0 Å². The third kappa shape index (κ3) is 6.66. The molecule has 152 valence electrons. The first-order chi connectivity index (χ1) is 12.6. The van der Waals surface area contributed by atoms with Crippen LogP contribution >= 0.6 is 0 Å². The van der Waals surface area contributed by atoms with Gasteiger partial charge in [0.05, 0.1) is 18.5 Å². The number of piperazine rings is 1. The molecule has 0 atom stereocenters. The Morgan fingerprint density at radius 3 is 2.41 bits per heavy atom. The molecule has 1 aromatic carbocycles. The Hall–Kier alpha value is -1.87. The Morgan fingerprint density at radius 2 is 1.85 bits per heavy atom. The van der Waals surface area contributed by atoms with Crippen LogP contribution in [0.15, 0.2) is 29.3 Å². The topological polar surface area (TPSA) is 77.0 Å². The number of anilines is 1. The van der Waals surface area contributed by atoms with E-state index >= 15 is 0 Å². The third-order valence-electron chi connectivity index (χ3n) is 4.19. The smallest absolute Gasteiger partial charge is 0.209 e. The number of rotatable bonds is 6. The second kappa shape index (κ2) is 8.88. The maximum atomic E-state index is 14.0. The molecule has 0 bridgehead atoms. The van der Waals surface area contributed by atoms with Crippen molar-refractivity contribution >= 4 is 21.7 Å². The molecule has 1 heterocycles. The summed E-state index contributed by atoms with van der Waals surface area (Å²) < 4.78 is 39.6. The molecule has 7 nitrogen and oxygen atoms in total. The summed E-state index contributed by atoms with van der Waals surface area (Å²) in [5.74, 6) is 0.536. The van der Waals surface area contributed by atoms with Crippen LogP contribution < -0.4 is 14.9 Å². The summed E-state index contributed by atoms with van der Waals surface area (Å²) in [7, 11) is -3.30. The third-order valence-corrected chi connectivity index (χ3v) is 5.12. The number of nitrogens with zero attached hydrogens (tertiary/aromatic N) is 3. The monoisotopic (exact) mass is 399 g/mol. The molecule has 1 aliphatic rings. The van der Waals surface area contributed by atoms with Crippen LogP contribution in [0.4, 0.5) is 10.1 Å². The lowest BCUT2D eigenvalue weighted by Crippen LogP contribution is -2.53. The van der Waals surface area contributed by atoms with E-state index < -0.39 is 15.6 Å². The highest BCUT2D eigenvalue weighted by Crippen LogP contribution is 2.20. The zero-order valence-corrected chi connectivity index (χ0v) is 17.3. The summed E-state index contributed by atoms with van der Waals surface area (Å²) in [4.78, 5) is 8.77. The summed E-state index contributed by atoms with van der Waals surface area (Å²) in [5.41, 5.74) is -0.0546. The van der Waals surface area contributed by atoms with Crippen LogP contribution in [0.25, 0.3) is 0 Å². The van der Waals surface area contributed by atoms with Crippen molar-refractivity contribution < 1.29 is 12.8 Å². The lowest BCUT2D eigenvalue weighted by atomic mass is 10.1. The van der Waals surface area contributed by atoms with Crippen LogP contribution in [-0.2, 0) is 10.0 Å². The van der Waals surface area contributed by atoms with Gasteiger partial charge in [-0.15, -0.1) is 0 Å². The van der Waals surface area contributed by atoms with Gasteiger partial charge in [-0.3, -0.25) is 4.99 Å². The molecule has 2 rings (SSSR count). The van der Waals surface area contributed by atoms with Crippen LogP contribution in [0.1, 0.15) is 20.8 Å². The molecule has 27 heavy (non-hydrogen) atoms. The van der Waals surface area contributed by atoms with Gasteiger partial charge in [-0.1, -0.05) is 12.1 Å². The molecule has 0 unspecified atom stereocenters. The first-order valence-electron chi connectivity index (χ1n) is 9.13. The normalized spacial score (nSPS) is 16.6. The Morgan fingerprint density at radius 1 is 1.22 bits per heavy atom. The number of nitrogens with one attached hydrogen (secondary N) is 2. The van der Waals surface area contributed by atoms with Crippen molar-refractivity contribution in [3.8, 4) is 0 Å². The average molecular weight is 400 g/mol. The Kier molecular flexibility index (Phi) is 7.05. The summed E-state index contributed by atoms with van der Waals surface area (Å²) in [5, 5.41) is 3.26. The van der Waals surface area contributed by atoms with Crippen molar-refractivity contribution in [2.24, 2.45) is 4.99 Å². The van der Waals surface area contributed by atoms with Gasteiger partial charge in [-0.05, 0) is 32.9 Å². The Labute approximate surface area is 161 Å². The predicted molar refractivity (Wildman–Crippen MR) is 108 cm³/mol. The molecule has 0 saturated carbocycles. The Balaban J connectivity index is 2.02. The van der Waals surface area contributed by atoms with Crippen molar-refractivity contribution in [2.45, 2.75) is 26.3 Å². The molecule has 0 spiro atoms. The number of halogens is 1. The van der Waals surface area contributed by atoms with Gasteiger partial charge < -0.3 is 15.1 Å². The fourth-order valence-electron chi connectivity index (χ4n) is 3.10. The molecule has 1 aromatic rings. The molecule has 0 aromatic heterocycles. The fraction of sp³-hybridized carbons (Fsp3) is 0.611. The Bertz CT molecular complexity index is 759. The van der Waals surface area contributed by atoms with Crippen molar-refractivity contribution in [3.05, 3.63) is 30.1 Å². The van der Waals surface area contributed by atoms with E-state index in [0.717, 1.165) is 12.2 Å². The standard InChI is InChI=1S/C18H30FN5O2S/c1-5-20-17(21-14-18(2,3)22-27(4,25)26)24-12-10-23(11-13-24)16-9-7-6-8-15(16)19/h6-9,22H,5,10-14H2,1-4H3,(H,20,21). The van der Waals surface area contributed by atoms with Crippen LogP contribution in [-0.4, -0.2) is 70.3 Å². The first kappa shape index (κ1) is 21.4. The molecule has 0 amide bonds. The lowest BCUT2D eigenvalue weighted by molar-refractivity contribution is 0.367. The molecular weight excluding hydrogens is 369 g/mol. The van der Waals surface area contributed by atoms with Crippen molar-refractivity contribution in [1.29, 1.82) is 0 Å². The van der Waals surface area contributed by atoms with Crippen LogP contribution in [0.3, 0.4) is 0 Å². The predicted octanol–water partition coefficient (Wildman–Crippen LogP) is 1.24. The van der Waals surface area contributed by atoms with E-state index in [4.69, 9.17) is 0 Å². The number of hydrogen-bond acceptors (Lipinski definition) is 4. The molecule has 2 N–H and O–H groups in total. The van der Waals surface area contributed by atoms with Crippen molar-refractivity contribution in [1.82, 2.24) is 14.9 Å². The van der Waals surface area contributed by atoms with E-state index in [-0.39, 0.29) is 5.82 Å². The molecule has 0 aliphatic carbocycles. The summed E-state index contributed by atoms with van der Waals surface area (Å²) in [6, 6.07) is 6.80. The minimum absolute atomic E-state index is 0.208. The summed E-state index contributed by atoms with van der Waals surface area (Å²) in [6.45, 7) is 9.43. The van der Waals surface area contributed by atoms with Gasteiger partial charge in [0, 0.05) is 38.3 Å². The van der Waals surface area contributed by atoms with E-state index in [9.17, 15) is 12.8 Å². The maximum absolute atomic E-state index is 14.0. The van der Waals surface area contributed by atoms with Gasteiger partial charge in [0.1, 0.15) is 5.82 Å². The van der Waals surface area contributed by atoms with Gasteiger partial charge in [0.2, 0.25) is 10.0 Å². The highest BCUT2D eigenvalue weighted by molar-refractivity contribution is 7.88. The summed E-state index contributed by atoms with van der Waals surface area (Å²) >= 11 is 0. The number of para-hydroxylation sites is 1. The van der Waals surface area contributed by atoms with Crippen LogP contribution in [0, 0.1) is 5.82 Å². The fourth-order valence-corrected chi connectivity index (χ4v) is 4.17. The van der Waals surface area contributed by atoms with Gasteiger partial charge in [0.25, 0.3) is 0 Å². The number of hydrogen-bond donors (Lipinski definition) is 2. The quantitative estimate of drug-likeness (QED) is 0.556. The number of guanidine groups is 1. The van der Waals surface area contributed by atoms with Gasteiger partial charge >= 0.3 is 0 Å². The molecule has 1 aliphatic heterocycles. The van der Waals surface area contributed by atoms with Gasteiger partial charge in [-0.2, -0.15) is 0 Å². The van der Waals surface area contributed by atoms with E-state index in [2.05, 4.69) is 19.9 Å². The van der Waals surface area contributed by atoms with Crippen LogP contribution in [0.5, 0.6) is 0 Å². The van der Waals surface area contributed by atoms with Gasteiger partial charge in [-0.25, -0.2) is 17.5 Å². The van der Waals surface area contributed by atoms with E-state index in [1.54, 1.807) is 26.0 Å². The van der Waals surface area contributed by atoms with E-state index in [1.807, 2.05) is 17.9 Å². The minimum Gasteiger partial charge on any atom is -0.366 e. The lowest BCUT2D eigenvalue weighted by Gasteiger charge is -2.38. The van der Waals surface area contributed by atoms with Crippen LogP contribution in [0.2, 0.25) is 0 Å². The van der Waals surface area contributed by atoms with Crippen molar-refractivity contribution in [3.63, 3.8) is 0 Å². The highest BCUT2D eigenvalue weighted by atomic mass is 32.2. The number of sulfonamides is 1. The molecule has 1 saturated heterocycles. The molecule has 0 radical (unpaired) electrons.